The molecule has 0 spiro atoms. The Morgan fingerprint density at radius 1 is 1.41 bits per heavy atom. The maximum Gasteiger partial charge on any atom is 0.258 e. The molecule has 0 bridgehead atoms. The molecular weight excluding hydrogens is 393 g/mol. The zero-order valence-electron chi connectivity index (χ0n) is 16.1. The Bertz CT molecular complexity index is 916. The first-order valence-electron chi connectivity index (χ1n) is 9.34. The number of pyridine rings is 1. The molecule has 9 heteroatoms. The van der Waals surface area contributed by atoms with E-state index in [0.717, 1.165) is 48.0 Å². The van der Waals surface area contributed by atoms with E-state index in [9.17, 15) is 14.3 Å². The molecule has 0 saturated heterocycles. The van der Waals surface area contributed by atoms with Gasteiger partial charge in [0, 0.05) is 18.1 Å². The summed E-state index contributed by atoms with van der Waals surface area (Å²) in [5.74, 6) is 4.64. The molecule has 5 N–H and O–H groups in total. The predicted octanol–water partition coefficient (Wildman–Crippen LogP) is 3.46. The van der Waals surface area contributed by atoms with Crippen LogP contribution in [0.15, 0.2) is 35.4 Å². The van der Waals surface area contributed by atoms with Crippen molar-refractivity contribution in [2.75, 3.05) is 12.4 Å². The number of aromatic nitrogens is 1. The van der Waals surface area contributed by atoms with E-state index >= 15 is 0 Å². The third kappa shape index (κ3) is 5.11. The molecule has 0 radical (unpaired) electrons. The van der Waals surface area contributed by atoms with Crippen LogP contribution >= 0.6 is 11.8 Å². The van der Waals surface area contributed by atoms with Crippen molar-refractivity contribution < 1.29 is 14.3 Å². The number of nitrogens with two attached hydrogens (primary N) is 1. The van der Waals surface area contributed by atoms with Crippen LogP contribution in [0.1, 0.15) is 53.1 Å². The number of nitrogens with one attached hydrogen (secondary N) is 2. The van der Waals surface area contributed by atoms with Crippen LogP contribution in [-0.4, -0.2) is 33.2 Å². The molecule has 1 fully saturated rings. The standard InChI is InChI=1S/C20H24FN5O2S/c1-26(23)20(22)29-17-8-12(11-27)6-7-15(17)19(28)25-18-16(21)9-14(10-24-18)13-4-2-3-5-13/h6-10,13,22,27H,2-5,11,23H2,1H3,(H,24,25,28). The SMILES string of the molecule is CN(N)C(=N)Sc1cc(CO)ccc1C(=O)Nc1ncc(C2CCCC2)cc1F. The highest BCUT2D eigenvalue weighted by Crippen LogP contribution is 2.34. The van der Waals surface area contributed by atoms with E-state index < -0.39 is 11.7 Å². The summed E-state index contributed by atoms with van der Waals surface area (Å²) < 4.78 is 14.5. The minimum absolute atomic E-state index is 0.0133. The minimum Gasteiger partial charge on any atom is -0.392 e. The number of nitrogens with zero attached hydrogens (tertiary/aromatic N) is 2. The molecule has 1 aromatic heterocycles. The fraction of sp³-hybridized carbons (Fsp3) is 0.350. The number of thioether (sulfide) groups is 1. The molecule has 3 rings (SSSR count). The summed E-state index contributed by atoms with van der Waals surface area (Å²) in [6.07, 6.45) is 5.97. The number of rotatable bonds is 5. The Hall–Kier alpha value is -2.49. The van der Waals surface area contributed by atoms with E-state index in [-0.39, 0.29) is 23.2 Å². The fourth-order valence-electron chi connectivity index (χ4n) is 3.32. The Kier molecular flexibility index (Phi) is 6.83. The van der Waals surface area contributed by atoms with Crippen molar-refractivity contribution in [2.24, 2.45) is 5.84 Å². The van der Waals surface area contributed by atoms with Gasteiger partial charge in [-0.2, -0.15) is 0 Å². The van der Waals surface area contributed by atoms with Gasteiger partial charge < -0.3 is 10.4 Å². The maximum atomic E-state index is 14.5. The van der Waals surface area contributed by atoms with Gasteiger partial charge in [-0.3, -0.25) is 15.2 Å². The minimum atomic E-state index is -0.571. The first-order valence-corrected chi connectivity index (χ1v) is 10.2. The number of carbonyl (C=O) groups is 1. The smallest absolute Gasteiger partial charge is 0.258 e. The van der Waals surface area contributed by atoms with Gasteiger partial charge in [0.25, 0.3) is 5.91 Å². The third-order valence-corrected chi connectivity index (χ3v) is 5.96. The number of amides is 1. The normalized spacial score (nSPS) is 14.1. The topological polar surface area (TPSA) is 115 Å². The van der Waals surface area contributed by atoms with E-state index in [1.54, 1.807) is 18.3 Å². The molecule has 1 heterocycles. The van der Waals surface area contributed by atoms with E-state index in [1.165, 1.54) is 19.2 Å². The fourth-order valence-corrected chi connectivity index (χ4v) is 4.15. The summed E-state index contributed by atoms with van der Waals surface area (Å²) in [4.78, 5) is 17.3. The highest BCUT2D eigenvalue weighted by atomic mass is 32.2. The van der Waals surface area contributed by atoms with E-state index in [2.05, 4.69) is 10.3 Å². The van der Waals surface area contributed by atoms with Gasteiger partial charge in [-0.15, -0.1) is 0 Å². The Morgan fingerprint density at radius 3 is 2.76 bits per heavy atom. The second-order valence-electron chi connectivity index (χ2n) is 7.04. The lowest BCUT2D eigenvalue weighted by atomic mass is 9.99. The van der Waals surface area contributed by atoms with Crippen LogP contribution in [0.5, 0.6) is 0 Å². The molecule has 2 aromatic rings. The Balaban J connectivity index is 1.82. The molecule has 1 aromatic carbocycles. The zero-order chi connectivity index (χ0) is 21.0. The second kappa shape index (κ2) is 9.34. The van der Waals surface area contributed by atoms with Crippen LogP contribution in [0.25, 0.3) is 0 Å². The number of amidine groups is 1. The number of anilines is 1. The van der Waals surface area contributed by atoms with Crippen molar-refractivity contribution >= 4 is 28.7 Å². The van der Waals surface area contributed by atoms with E-state index in [1.807, 2.05) is 0 Å². The van der Waals surface area contributed by atoms with Crippen LogP contribution < -0.4 is 11.2 Å². The van der Waals surface area contributed by atoms with E-state index in [0.29, 0.717) is 16.4 Å². The molecule has 0 aliphatic heterocycles. The lowest BCUT2D eigenvalue weighted by molar-refractivity contribution is 0.102. The Labute approximate surface area is 173 Å². The summed E-state index contributed by atoms with van der Waals surface area (Å²) >= 11 is 0.968. The average molecular weight is 418 g/mol. The summed E-state index contributed by atoms with van der Waals surface area (Å²) in [7, 11) is 1.51. The first-order chi connectivity index (χ1) is 13.9. The van der Waals surface area contributed by atoms with Gasteiger partial charge in [0.05, 0.1) is 12.2 Å². The number of hydrogen-bond acceptors (Lipinski definition) is 6. The highest BCUT2D eigenvalue weighted by Gasteiger charge is 2.21. The molecule has 0 unspecified atom stereocenters. The molecule has 154 valence electrons. The summed E-state index contributed by atoms with van der Waals surface area (Å²) in [5, 5.41) is 20.9. The van der Waals surface area contributed by atoms with Crippen LogP contribution in [0.2, 0.25) is 0 Å². The highest BCUT2D eigenvalue weighted by molar-refractivity contribution is 8.13. The third-order valence-electron chi connectivity index (χ3n) is 4.92. The molecule has 29 heavy (non-hydrogen) atoms. The summed E-state index contributed by atoms with van der Waals surface area (Å²) in [5.41, 5.74) is 1.68. The van der Waals surface area contributed by atoms with Gasteiger partial charge in [0.1, 0.15) is 0 Å². The first kappa shape index (κ1) is 21.2. The zero-order valence-corrected chi connectivity index (χ0v) is 16.9. The van der Waals surface area contributed by atoms with Crippen molar-refractivity contribution in [1.29, 1.82) is 5.41 Å². The molecule has 1 aliphatic carbocycles. The largest absolute Gasteiger partial charge is 0.392 e. The van der Waals surface area contributed by atoms with Crippen molar-refractivity contribution in [1.82, 2.24) is 9.99 Å². The monoisotopic (exact) mass is 417 g/mol. The van der Waals surface area contributed by atoms with Gasteiger partial charge in [0.15, 0.2) is 16.8 Å². The average Bonchev–Trinajstić information content (AvgIpc) is 3.24. The van der Waals surface area contributed by atoms with Crippen molar-refractivity contribution in [3.8, 4) is 0 Å². The second-order valence-corrected chi connectivity index (χ2v) is 8.07. The number of hydrogen-bond donors (Lipinski definition) is 4. The number of aliphatic hydroxyl groups excluding tert-OH is 1. The lowest BCUT2D eigenvalue weighted by Crippen LogP contribution is -2.30. The van der Waals surface area contributed by atoms with Crippen molar-refractivity contribution in [3.05, 3.63) is 53.0 Å². The number of benzene rings is 1. The van der Waals surface area contributed by atoms with Crippen LogP contribution in [0, 0.1) is 11.2 Å². The molecule has 1 amide bonds. The van der Waals surface area contributed by atoms with Crippen LogP contribution in [0.3, 0.4) is 0 Å². The molecular formula is C20H24FN5O2S. The molecule has 1 saturated carbocycles. The van der Waals surface area contributed by atoms with Crippen molar-refractivity contribution in [2.45, 2.75) is 43.1 Å². The number of carbonyl (C=O) groups excluding carboxylic acids is 1. The summed E-state index contributed by atoms with van der Waals surface area (Å²) in [6, 6.07) is 6.17. The number of hydrazine groups is 1. The van der Waals surface area contributed by atoms with E-state index in [4.69, 9.17) is 11.3 Å². The quantitative estimate of drug-likeness (QED) is 0.195. The van der Waals surface area contributed by atoms with Gasteiger partial charge in [-0.25, -0.2) is 15.2 Å². The Morgan fingerprint density at radius 2 is 2.14 bits per heavy atom. The lowest BCUT2D eigenvalue weighted by Gasteiger charge is -2.16. The molecule has 0 atom stereocenters. The van der Waals surface area contributed by atoms with Gasteiger partial charge in [-0.05, 0) is 48.1 Å². The predicted molar refractivity (Wildman–Crippen MR) is 111 cm³/mol. The van der Waals surface area contributed by atoms with Crippen LogP contribution in [0.4, 0.5) is 10.2 Å². The summed E-state index contributed by atoms with van der Waals surface area (Å²) in [6.45, 7) is -0.208. The van der Waals surface area contributed by atoms with Crippen molar-refractivity contribution in [3.63, 3.8) is 0 Å². The molecule has 7 nitrogen and oxygen atoms in total. The van der Waals surface area contributed by atoms with Gasteiger partial charge >= 0.3 is 0 Å². The van der Waals surface area contributed by atoms with Gasteiger partial charge in [-0.1, -0.05) is 30.7 Å². The van der Waals surface area contributed by atoms with Crippen LogP contribution in [-0.2, 0) is 6.61 Å². The maximum absolute atomic E-state index is 14.5. The van der Waals surface area contributed by atoms with Gasteiger partial charge in [0.2, 0.25) is 0 Å². The number of halogens is 1. The number of aliphatic hydroxyl groups is 1. The molecule has 1 aliphatic rings.